The van der Waals surface area contributed by atoms with Gasteiger partial charge in [-0.15, -0.1) is 0 Å². The zero-order chi connectivity index (χ0) is 17.7. The Kier molecular flexibility index (Phi) is 3.96. The van der Waals surface area contributed by atoms with Gasteiger partial charge in [0.25, 0.3) is 0 Å². The summed E-state index contributed by atoms with van der Waals surface area (Å²) in [4.78, 5) is 13.0. The largest absolute Gasteiger partial charge is 0.369 e. The van der Waals surface area contributed by atoms with E-state index in [4.69, 9.17) is 16.6 Å². The van der Waals surface area contributed by atoms with Gasteiger partial charge < -0.3 is 14.8 Å². The zero-order valence-corrected chi connectivity index (χ0v) is 15.9. The molecule has 2 aromatic heterocycles. The Balaban J connectivity index is 1.77. The lowest BCUT2D eigenvalue weighted by Crippen LogP contribution is -2.44. The molecule has 0 spiro atoms. The van der Waals surface area contributed by atoms with Gasteiger partial charge in [0.05, 0.1) is 22.3 Å². The number of H-pyrrole nitrogens is 1. The molecule has 1 aromatic carbocycles. The number of piperazine rings is 1. The first kappa shape index (κ1) is 16.4. The molecule has 1 fully saturated rings. The fourth-order valence-electron chi connectivity index (χ4n) is 3.54. The number of anilines is 1. The summed E-state index contributed by atoms with van der Waals surface area (Å²) < 4.78 is 1.68. The summed E-state index contributed by atoms with van der Waals surface area (Å²) in [6.07, 6.45) is 0. The van der Waals surface area contributed by atoms with E-state index in [0.29, 0.717) is 5.15 Å². The standard InChI is InChI=1S/C18H23ClN6/c1-11-9-13(25-7-5-23(3)6-8-25)10-14-16(11)21-18(20-14)15-12(2)22-24(4)17(15)19/h9-10H,5-8H2,1-4H3,(H,20,21). The van der Waals surface area contributed by atoms with E-state index in [0.717, 1.165) is 54.3 Å². The summed E-state index contributed by atoms with van der Waals surface area (Å²) in [6, 6.07) is 4.43. The number of aromatic amines is 1. The molecule has 6 nitrogen and oxygen atoms in total. The summed E-state index contributed by atoms with van der Waals surface area (Å²) in [6.45, 7) is 8.36. The molecule has 1 aliphatic rings. The molecule has 132 valence electrons. The van der Waals surface area contributed by atoms with Crippen LogP contribution in [0.15, 0.2) is 12.1 Å². The lowest BCUT2D eigenvalue weighted by Gasteiger charge is -2.34. The first-order valence-corrected chi connectivity index (χ1v) is 8.95. The van der Waals surface area contributed by atoms with Crippen LogP contribution >= 0.6 is 11.6 Å². The van der Waals surface area contributed by atoms with Crippen molar-refractivity contribution in [1.82, 2.24) is 24.6 Å². The summed E-state index contributed by atoms with van der Waals surface area (Å²) >= 11 is 6.41. The fourth-order valence-corrected chi connectivity index (χ4v) is 3.80. The first-order chi connectivity index (χ1) is 11.9. The van der Waals surface area contributed by atoms with E-state index in [2.05, 4.69) is 46.0 Å². The second kappa shape index (κ2) is 6.04. The maximum absolute atomic E-state index is 6.41. The Labute approximate surface area is 152 Å². The third kappa shape index (κ3) is 2.79. The highest BCUT2D eigenvalue weighted by molar-refractivity contribution is 6.32. The number of nitrogens with zero attached hydrogens (tertiary/aromatic N) is 5. The van der Waals surface area contributed by atoms with Crippen molar-refractivity contribution >= 4 is 28.3 Å². The zero-order valence-electron chi connectivity index (χ0n) is 15.1. The molecule has 0 bridgehead atoms. The molecule has 0 saturated carbocycles. The molecule has 1 saturated heterocycles. The molecule has 25 heavy (non-hydrogen) atoms. The number of likely N-dealkylation sites (N-methyl/N-ethyl adjacent to an activating group) is 1. The monoisotopic (exact) mass is 358 g/mol. The number of aryl methyl sites for hydroxylation is 3. The van der Waals surface area contributed by atoms with Gasteiger partial charge in [0.2, 0.25) is 0 Å². The van der Waals surface area contributed by atoms with E-state index in [1.807, 2.05) is 14.0 Å². The van der Waals surface area contributed by atoms with Crippen LogP contribution in [0.5, 0.6) is 0 Å². The average molecular weight is 359 g/mol. The minimum atomic E-state index is 0.605. The molecule has 0 amide bonds. The highest BCUT2D eigenvalue weighted by Crippen LogP contribution is 2.32. The van der Waals surface area contributed by atoms with Gasteiger partial charge in [0, 0.05) is 38.9 Å². The second-order valence-electron chi connectivity index (χ2n) is 6.91. The van der Waals surface area contributed by atoms with E-state index in [1.165, 1.54) is 11.3 Å². The van der Waals surface area contributed by atoms with E-state index in [-0.39, 0.29) is 0 Å². The lowest BCUT2D eigenvalue weighted by atomic mass is 10.1. The Hall–Kier alpha value is -2.05. The van der Waals surface area contributed by atoms with Crippen LogP contribution in [0.4, 0.5) is 5.69 Å². The molecule has 3 aromatic rings. The van der Waals surface area contributed by atoms with E-state index < -0.39 is 0 Å². The summed E-state index contributed by atoms with van der Waals surface area (Å²) in [5.74, 6) is 0.782. The minimum Gasteiger partial charge on any atom is -0.369 e. The maximum atomic E-state index is 6.41. The third-order valence-electron chi connectivity index (χ3n) is 5.02. The minimum absolute atomic E-state index is 0.605. The van der Waals surface area contributed by atoms with Crippen molar-refractivity contribution in [2.45, 2.75) is 13.8 Å². The van der Waals surface area contributed by atoms with Crippen LogP contribution in [0.3, 0.4) is 0 Å². The molecule has 0 unspecified atom stereocenters. The van der Waals surface area contributed by atoms with Gasteiger partial charge in [-0.05, 0) is 38.6 Å². The quantitative estimate of drug-likeness (QED) is 0.765. The molecule has 1 aliphatic heterocycles. The van der Waals surface area contributed by atoms with Crippen LogP contribution in [-0.2, 0) is 7.05 Å². The molecule has 4 rings (SSSR count). The van der Waals surface area contributed by atoms with Crippen molar-refractivity contribution in [1.29, 1.82) is 0 Å². The smallest absolute Gasteiger partial charge is 0.143 e. The van der Waals surface area contributed by atoms with Crippen LogP contribution in [0.2, 0.25) is 5.15 Å². The van der Waals surface area contributed by atoms with Gasteiger partial charge in [0.1, 0.15) is 11.0 Å². The molecule has 7 heteroatoms. The van der Waals surface area contributed by atoms with Crippen LogP contribution in [-0.4, -0.2) is 57.9 Å². The molecular weight excluding hydrogens is 336 g/mol. The molecule has 0 radical (unpaired) electrons. The van der Waals surface area contributed by atoms with Gasteiger partial charge in [-0.25, -0.2) is 4.98 Å². The van der Waals surface area contributed by atoms with Crippen LogP contribution in [0.25, 0.3) is 22.4 Å². The predicted octanol–water partition coefficient (Wildman–Crippen LogP) is 2.99. The lowest BCUT2D eigenvalue weighted by molar-refractivity contribution is 0.313. The highest BCUT2D eigenvalue weighted by Gasteiger charge is 2.19. The van der Waals surface area contributed by atoms with Gasteiger partial charge in [0.15, 0.2) is 0 Å². The summed E-state index contributed by atoms with van der Waals surface area (Å²) in [5.41, 5.74) is 6.22. The van der Waals surface area contributed by atoms with E-state index in [1.54, 1.807) is 4.68 Å². The number of rotatable bonds is 2. The molecule has 3 heterocycles. The van der Waals surface area contributed by atoms with Crippen LogP contribution in [0.1, 0.15) is 11.3 Å². The number of fused-ring (bicyclic) bond motifs is 1. The topological polar surface area (TPSA) is 53.0 Å². The van der Waals surface area contributed by atoms with E-state index in [9.17, 15) is 0 Å². The number of nitrogens with one attached hydrogen (secondary N) is 1. The van der Waals surface area contributed by atoms with Gasteiger partial charge in [-0.2, -0.15) is 5.10 Å². The Bertz CT molecular complexity index is 933. The molecule has 0 atom stereocenters. The Morgan fingerprint density at radius 2 is 1.80 bits per heavy atom. The fraction of sp³-hybridized carbons (Fsp3) is 0.444. The molecular formula is C18H23ClN6. The van der Waals surface area contributed by atoms with Crippen molar-refractivity contribution in [3.8, 4) is 11.4 Å². The van der Waals surface area contributed by atoms with Gasteiger partial charge in [-0.1, -0.05) is 11.6 Å². The SMILES string of the molecule is Cc1nn(C)c(Cl)c1-c1nc2c(C)cc(N3CCN(C)CC3)cc2[nH]1. The van der Waals surface area contributed by atoms with Crippen molar-refractivity contribution in [3.05, 3.63) is 28.5 Å². The van der Waals surface area contributed by atoms with Gasteiger partial charge >= 0.3 is 0 Å². The van der Waals surface area contributed by atoms with Crippen LogP contribution in [0, 0.1) is 13.8 Å². The average Bonchev–Trinajstić information content (AvgIpc) is 3.09. The second-order valence-corrected chi connectivity index (χ2v) is 7.27. The molecule has 1 N–H and O–H groups in total. The Morgan fingerprint density at radius 1 is 1.08 bits per heavy atom. The molecule has 0 aliphatic carbocycles. The van der Waals surface area contributed by atoms with Gasteiger partial charge in [-0.3, -0.25) is 4.68 Å². The van der Waals surface area contributed by atoms with Crippen molar-refractivity contribution in [3.63, 3.8) is 0 Å². The summed E-state index contributed by atoms with van der Waals surface area (Å²) in [7, 11) is 4.02. The normalized spacial score (nSPS) is 16.1. The van der Waals surface area contributed by atoms with Crippen molar-refractivity contribution in [2.24, 2.45) is 7.05 Å². The Morgan fingerprint density at radius 3 is 2.44 bits per heavy atom. The van der Waals surface area contributed by atoms with E-state index >= 15 is 0 Å². The van der Waals surface area contributed by atoms with Crippen molar-refractivity contribution in [2.75, 3.05) is 38.1 Å². The number of benzene rings is 1. The third-order valence-corrected chi connectivity index (χ3v) is 5.45. The maximum Gasteiger partial charge on any atom is 0.143 e. The van der Waals surface area contributed by atoms with Crippen molar-refractivity contribution < 1.29 is 0 Å². The van der Waals surface area contributed by atoms with Crippen LogP contribution < -0.4 is 4.90 Å². The number of halogens is 1. The number of imidazole rings is 1. The summed E-state index contributed by atoms with van der Waals surface area (Å²) in [5, 5.41) is 4.99. The number of hydrogen-bond donors (Lipinski definition) is 1. The number of aromatic nitrogens is 4. The predicted molar refractivity (Wildman–Crippen MR) is 102 cm³/mol. The number of hydrogen-bond acceptors (Lipinski definition) is 4. The first-order valence-electron chi connectivity index (χ1n) is 8.57. The highest BCUT2D eigenvalue weighted by atomic mass is 35.5.